The molecule has 2 unspecified atom stereocenters. The fourth-order valence-corrected chi connectivity index (χ4v) is 6.84. The lowest BCUT2D eigenvalue weighted by Gasteiger charge is -2.39. The van der Waals surface area contributed by atoms with Gasteiger partial charge < -0.3 is 39.4 Å². The van der Waals surface area contributed by atoms with E-state index in [2.05, 4.69) is 50.3 Å². The average molecular weight is 809 g/mol. The van der Waals surface area contributed by atoms with E-state index in [1.165, 1.54) is 109 Å². The molecule has 57 heavy (non-hydrogen) atoms. The number of rotatable bonds is 38. The second-order valence-electron chi connectivity index (χ2n) is 15.9. The summed E-state index contributed by atoms with van der Waals surface area (Å²) in [4.78, 5) is 25.3. The number of unbranched alkanes of at least 4 members (excludes halogenated alkanes) is 21. The highest BCUT2D eigenvalue weighted by Crippen LogP contribution is 2.23. The zero-order chi connectivity index (χ0) is 41.6. The topological polar surface area (TPSA) is 152 Å². The van der Waals surface area contributed by atoms with Gasteiger partial charge in [0.05, 0.1) is 13.2 Å². The van der Waals surface area contributed by atoms with Gasteiger partial charge >= 0.3 is 11.9 Å². The van der Waals surface area contributed by atoms with Gasteiger partial charge in [0.15, 0.2) is 12.4 Å². The minimum absolute atomic E-state index is 0.183. The second kappa shape index (κ2) is 38.1. The molecule has 1 aliphatic heterocycles. The van der Waals surface area contributed by atoms with Crippen molar-refractivity contribution in [3.05, 3.63) is 36.5 Å². The smallest absolute Gasteiger partial charge is 0.306 e. The Kier molecular flexibility index (Phi) is 35.4. The summed E-state index contributed by atoms with van der Waals surface area (Å²) in [5.74, 6) is -0.846. The van der Waals surface area contributed by atoms with Crippen LogP contribution in [0, 0.1) is 0 Å². The largest absolute Gasteiger partial charge is 0.462 e. The van der Waals surface area contributed by atoms with Crippen LogP contribution in [0.15, 0.2) is 36.5 Å². The molecule has 1 saturated heterocycles. The Balaban J connectivity index is 2.34. The van der Waals surface area contributed by atoms with Crippen molar-refractivity contribution in [1.29, 1.82) is 0 Å². The van der Waals surface area contributed by atoms with Crippen LogP contribution in [-0.4, -0.2) is 89.0 Å². The molecule has 0 amide bonds. The number of allylic oxidation sites excluding steroid dienone is 6. The highest BCUT2D eigenvalue weighted by atomic mass is 16.7. The van der Waals surface area contributed by atoms with Crippen LogP contribution in [0.1, 0.15) is 194 Å². The van der Waals surface area contributed by atoms with E-state index in [0.717, 1.165) is 51.4 Å². The summed E-state index contributed by atoms with van der Waals surface area (Å²) < 4.78 is 22.1. The zero-order valence-electron chi connectivity index (χ0n) is 36.1. The molecule has 6 atom stereocenters. The van der Waals surface area contributed by atoms with Crippen molar-refractivity contribution in [3.63, 3.8) is 0 Å². The third-order valence-electron chi connectivity index (χ3n) is 10.5. The summed E-state index contributed by atoms with van der Waals surface area (Å²) in [6.45, 7) is 3.37. The SMILES string of the molecule is CCCCC/C=C/C/C=C/C/C=C/CCCCC(=O)O[C@@H](COC(=O)CCCCCCCCCCCCCCCCCCC)CO[C@H]1O[C@@H](CO)[C@@H](O)C(O)C1O. The molecular weight excluding hydrogens is 725 g/mol. The molecular formula is C47H84O10. The van der Waals surface area contributed by atoms with Crippen LogP contribution in [0.3, 0.4) is 0 Å². The summed E-state index contributed by atoms with van der Waals surface area (Å²) in [7, 11) is 0. The van der Waals surface area contributed by atoms with Gasteiger partial charge in [0, 0.05) is 12.8 Å². The second-order valence-corrected chi connectivity index (χ2v) is 15.9. The highest BCUT2D eigenvalue weighted by molar-refractivity contribution is 5.70. The first-order chi connectivity index (χ1) is 27.8. The third kappa shape index (κ3) is 29.7. The Morgan fingerprint density at radius 1 is 0.544 bits per heavy atom. The van der Waals surface area contributed by atoms with E-state index >= 15 is 0 Å². The van der Waals surface area contributed by atoms with Gasteiger partial charge in [0.1, 0.15) is 31.0 Å². The standard InChI is InChI=1S/C47H84O10/c1-3-5-7-9-11-13-15-17-19-20-22-23-25-27-29-31-33-35-42(49)54-38-40(39-55-47-46(53)45(52)44(51)41(37-48)57-47)56-43(50)36-34-32-30-28-26-24-21-18-16-14-12-10-8-6-4-2/h12,14,18,21,26,28,40-41,44-48,51-53H,3-11,13,15-17,19-20,22-25,27,29-39H2,1-2H3/b14-12+,21-18+,28-26+/t40-,41-,44+,45?,46?,47-/m0/s1. The summed E-state index contributed by atoms with van der Waals surface area (Å²) >= 11 is 0. The first-order valence-corrected chi connectivity index (χ1v) is 23.1. The molecule has 0 aromatic heterocycles. The number of ether oxygens (including phenoxy) is 4. The molecule has 1 heterocycles. The van der Waals surface area contributed by atoms with E-state index in [-0.39, 0.29) is 32.0 Å². The molecule has 0 saturated carbocycles. The van der Waals surface area contributed by atoms with Gasteiger partial charge in [-0.2, -0.15) is 0 Å². The molecule has 1 aliphatic rings. The van der Waals surface area contributed by atoms with Crippen molar-refractivity contribution in [2.45, 2.75) is 230 Å². The van der Waals surface area contributed by atoms with Gasteiger partial charge in [-0.1, -0.05) is 166 Å². The summed E-state index contributed by atoms with van der Waals surface area (Å²) in [5, 5.41) is 40.1. The number of aliphatic hydroxyl groups excluding tert-OH is 4. The molecule has 332 valence electrons. The van der Waals surface area contributed by atoms with Crippen LogP contribution in [0.2, 0.25) is 0 Å². The zero-order valence-corrected chi connectivity index (χ0v) is 36.1. The minimum atomic E-state index is -1.60. The van der Waals surface area contributed by atoms with Gasteiger partial charge in [-0.05, 0) is 51.4 Å². The summed E-state index contributed by atoms with van der Waals surface area (Å²) in [5.41, 5.74) is 0. The molecule has 0 spiro atoms. The maximum atomic E-state index is 12.7. The minimum Gasteiger partial charge on any atom is -0.462 e. The Morgan fingerprint density at radius 2 is 0.982 bits per heavy atom. The number of carbonyl (C=O) groups excluding carboxylic acids is 2. The van der Waals surface area contributed by atoms with Crippen molar-refractivity contribution in [2.24, 2.45) is 0 Å². The molecule has 10 nitrogen and oxygen atoms in total. The maximum Gasteiger partial charge on any atom is 0.306 e. The molecule has 4 N–H and O–H groups in total. The van der Waals surface area contributed by atoms with Gasteiger partial charge in [-0.25, -0.2) is 0 Å². The van der Waals surface area contributed by atoms with Gasteiger partial charge in [-0.3, -0.25) is 9.59 Å². The molecule has 0 aliphatic carbocycles. The van der Waals surface area contributed by atoms with E-state index < -0.39 is 49.4 Å². The number of aliphatic hydroxyl groups is 4. The Morgan fingerprint density at radius 3 is 1.51 bits per heavy atom. The van der Waals surface area contributed by atoms with Gasteiger partial charge in [0.2, 0.25) is 0 Å². The van der Waals surface area contributed by atoms with E-state index in [4.69, 9.17) is 18.9 Å². The van der Waals surface area contributed by atoms with Crippen molar-refractivity contribution in [1.82, 2.24) is 0 Å². The van der Waals surface area contributed by atoms with Crippen LogP contribution in [0.5, 0.6) is 0 Å². The lowest BCUT2D eigenvalue weighted by Crippen LogP contribution is -2.59. The number of carbonyl (C=O) groups is 2. The van der Waals surface area contributed by atoms with E-state index in [1.807, 2.05) is 0 Å². The van der Waals surface area contributed by atoms with Crippen LogP contribution in [-0.2, 0) is 28.5 Å². The maximum absolute atomic E-state index is 12.7. The monoisotopic (exact) mass is 809 g/mol. The molecule has 10 heteroatoms. The van der Waals surface area contributed by atoms with Crippen molar-refractivity contribution in [3.8, 4) is 0 Å². The van der Waals surface area contributed by atoms with E-state index in [1.54, 1.807) is 0 Å². The van der Waals surface area contributed by atoms with Crippen molar-refractivity contribution >= 4 is 11.9 Å². The quantitative estimate of drug-likeness (QED) is 0.0270. The normalized spacial score (nSPS) is 20.6. The molecule has 0 radical (unpaired) electrons. The predicted molar refractivity (Wildman–Crippen MR) is 229 cm³/mol. The van der Waals surface area contributed by atoms with Crippen LogP contribution in [0.4, 0.5) is 0 Å². The number of hydrogen-bond donors (Lipinski definition) is 4. The Bertz CT molecular complexity index is 1030. The van der Waals surface area contributed by atoms with Crippen molar-refractivity contribution in [2.75, 3.05) is 19.8 Å². The molecule has 0 aromatic carbocycles. The number of esters is 2. The first-order valence-electron chi connectivity index (χ1n) is 23.1. The molecule has 1 rings (SSSR count). The fraction of sp³-hybridized carbons (Fsp3) is 0.830. The van der Waals surface area contributed by atoms with Crippen molar-refractivity contribution < 1.29 is 49.0 Å². The highest BCUT2D eigenvalue weighted by Gasteiger charge is 2.44. The average Bonchev–Trinajstić information content (AvgIpc) is 3.21. The van der Waals surface area contributed by atoms with Crippen LogP contribution < -0.4 is 0 Å². The van der Waals surface area contributed by atoms with Crippen LogP contribution in [0.25, 0.3) is 0 Å². The lowest BCUT2D eigenvalue weighted by molar-refractivity contribution is -0.305. The lowest BCUT2D eigenvalue weighted by atomic mass is 9.99. The van der Waals surface area contributed by atoms with E-state index in [0.29, 0.717) is 6.42 Å². The molecule has 0 aromatic rings. The Labute approximate surface area is 346 Å². The third-order valence-corrected chi connectivity index (χ3v) is 10.5. The fourth-order valence-electron chi connectivity index (χ4n) is 6.84. The summed E-state index contributed by atoms with van der Waals surface area (Å²) in [6.07, 6.45) is 35.8. The van der Waals surface area contributed by atoms with Crippen LogP contribution >= 0.6 is 0 Å². The predicted octanol–water partition coefficient (Wildman–Crippen LogP) is 9.89. The number of hydrogen-bond acceptors (Lipinski definition) is 10. The van der Waals surface area contributed by atoms with Gasteiger partial charge in [0.25, 0.3) is 0 Å². The molecule has 1 fully saturated rings. The first kappa shape index (κ1) is 52.9. The van der Waals surface area contributed by atoms with E-state index in [9.17, 15) is 30.0 Å². The van der Waals surface area contributed by atoms with Gasteiger partial charge in [-0.15, -0.1) is 0 Å². The molecule has 0 bridgehead atoms. The Hall–Kier alpha value is -2.08. The summed E-state index contributed by atoms with van der Waals surface area (Å²) in [6, 6.07) is 0.